The van der Waals surface area contributed by atoms with Crippen LogP contribution in [0.3, 0.4) is 0 Å². The molecule has 0 saturated carbocycles. The van der Waals surface area contributed by atoms with Crippen LogP contribution in [-0.2, 0) is 0 Å². The van der Waals surface area contributed by atoms with E-state index < -0.39 is 18.1 Å². The van der Waals surface area contributed by atoms with Gasteiger partial charge in [0.1, 0.15) is 11.2 Å². The molecular weight excluding hydrogens is 544 g/mol. The second-order valence-corrected chi connectivity index (χ2v) is 10.9. The highest BCUT2D eigenvalue weighted by atomic mass is 16.3. The van der Waals surface area contributed by atoms with Crippen molar-refractivity contribution in [1.29, 1.82) is 0 Å². The van der Waals surface area contributed by atoms with Gasteiger partial charge in [-0.05, 0) is 84.3 Å². The van der Waals surface area contributed by atoms with E-state index in [1.807, 2.05) is 84.9 Å². The van der Waals surface area contributed by atoms with Crippen molar-refractivity contribution in [2.75, 3.05) is 0 Å². The minimum atomic E-state index is -0.456. The molecule has 1 nitrogen and oxygen atoms in total. The molecule has 0 N–H and O–H groups in total. The van der Waals surface area contributed by atoms with Crippen LogP contribution in [0.15, 0.2) is 174 Å². The molecule has 0 saturated heterocycles. The maximum atomic E-state index is 9.28. The van der Waals surface area contributed by atoms with Crippen LogP contribution in [0.2, 0.25) is 0 Å². The lowest BCUT2D eigenvalue weighted by molar-refractivity contribution is 0.669. The molecule has 1 heterocycles. The summed E-state index contributed by atoms with van der Waals surface area (Å²) in [5.74, 6) is 0. The molecule has 8 aromatic carbocycles. The lowest BCUT2D eigenvalue weighted by Crippen LogP contribution is -1.91. The molecule has 9 aromatic rings. The van der Waals surface area contributed by atoms with E-state index in [4.69, 9.17) is 14.0 Å². The predicted molar refractivity (Wildman–Crippen MR) is 190 cm³/mol. The van der Waals surface area contributed by atoms with Gasteiger partial charge in [0.05, 0.1) is 12.3 Å². The zero-order valence-electron chi connectivity index (χ0n) is 32.9. The Morgan fingerprint density at radius 3 is 1.64 bits per heavy atom. The minimum Gasteiger partial charge on any atom is -0.456 e. The van der Waals surface area contributed by atoms with E-state index in [0.717, 1.165) is 32.7 Å². The van der Waals surface area contributed by atoms with E-state index in [-0.39, 0.29) is 52.9 Å². The Morgan fingerprint density at radius 2 is 0.978 bits per heavy atom. The van der Waals surface area contributed by atoms with Gasteiger partial charge in [-0.25, -0.2) is 0 Å². The zero-order chi connectivity index (χ0) is 37.6. The highest BCUT2D eigenvalue weighted by Gasteiger charge is 2.19. The molecule has 0 unspecified atom stereocenters. The van der Waals surface area contributed by atoms with Crippen LogP contribution in [0, 0.1) is 0 Å². The molecule has 1 aromatic heterocycles. The number of hydrogen-bond donors (Lipinski definition) is 0. The molecule has 0 aliphatic heterocycles. The maximum Gasteiger partial charge on any atom is 0.136 e. The van der Waals surface area contributed by atoms with E-state index in [9.17, 15) is 2.74 Å². The van der Waals surface area contributed by atoms with Gasteiger partial charge in [-0.15, -0.1) is 0 Å². The molecule has 0 radical (unpaired) electrons. The van der Waals surface area contributed by atoms with Gasteiger partial charge in [0.15, 0.2) is 0 Å². The molecule has 0 bridgehead atoms. The topological polar surface area (TPSA) is 13.1 Å². The third-order valence-electron chi connectivity index (χ3n) is 8.42. The van der Waals surface area contributed by atoms with Gasteiger partial charge in [0.25, 0.3) is 0 Å². The van der Waals surface area contributed by atoms with Gasteiger partial charge < -0.3 is 4.42 Å². The van der Waals surface area contributed by atoms with Gasteiger partial charge in [-0.2, -0.15) is 0 Å². The van der Waals surface area contributed by atoms with E-state index in [1.54, 1.807) is 30.3 Å². The first-order valence-corrected chi connectivity index (χ1v) is 14.7. The monoisotopic (exact) mass is 581 g/mol. The second-order valence-electron chi connectivity index (χ2n) is 10.9. The van der Waals surface area contributed by atoms with E-state index in [1.165, 1.54) is 0 Å². The van der Waals surface area contributed by atoms with Gasteiger partial charge >= 0.3 is 0 Å². The highest BCUT2D eigenvalue weighted by Crippen LogP contribution is 2.45. The van der Waals surface area contributed by atoms with Crippen LogP contribution >= 0.6 is 0 Å². The van der Waals surface area contributed by atoms with Crippen molar-refractivity contribution in [3.63, 3.8) is 0 Å². The van der Waals surface area contributed by atoms with Crippen LogP contribution in [0.4, 0.5) is 0 Å². The summed E-state index contributed by atoms with van der Waals surface area (Å²) in [6.45, 7) is 0. The van der Waals surface area contributed by atoms with Crippen LogP contribution in [0.1, 0.15) is 12.3 Å². The summed E-state index contributed by atoms with van der Waals surface area (Å²) in [4.78, 5) is 0. The summed E-state index contributed by atoms with van der Waals surface area (Å²) in [6, 6.07) is 33.4. The van der Waals surface area contributed by atoms with Gasteiger partial charge in [-0.1, -0.05) is 151 Å². The van der Waals surface area contributed by atoms with Crippen LogP contribution in [-0.4, -0.2) is 0 Å². The van der Waals surface area contributed by atoms with Crippen molar-refractivity contribution in [2.45, 2.75) is 0 Å². The molecule has 0 fully saturated rings. The summed E-state index contributed by atoms with van der Waals surface area (Å²) in [5.41, 5.74) is 5.07. The number of benzene rings is 8. The first kappa shape index (κ1) is 18.0. The lowest BCUT2D eigenvalue weighted by Gasteiger charge is -2.18. The van der Waals surface area contributed by atoms with Gasteiger partial charge in [0.2, 0.25) is 0 Å². The lowest BCUT2D eigenvalue weighted by atomic mass is 9.85. The second kappa shape index (κ2) is 10.4. The minimum absolute atomic E-state index is 0.0955. The normalized spacial score (nSPS) is 14.4. The Morgan fingerprint density at radius 1 is 0.378 bits per heavy atom. The number of fused-ring (bicyclic) bond motifs is 5. The molecule has 0 amide bonds. The molecule has 0 aliphatic rings. The largest absolute Gasteiger partial charge is 0.456 e. The molecule has 9 rings (SSSR count). The molecule has 0 atom stereocenters. The average molecular weight is 582 g/mol. The number of rotatable bonds is 4. The summed E-state index contributed by atoms with van der Waals surface area (Å²) in [7, 11) is 0. The third kappa shape index (κ3) is 4.17. The maximum absolute atomic E-state index is 9.28. The van der Waals surface area contributed by atoms with Crippen molar-refractivity contribution >= 4 is 43.5 Å². The fraction of sp³-hybridized carbons (Fsp3) is 0. The predicted octanol–water partition coefficient (Wildman–Crippen LogP) is 12.6. The Labute approximate surface area is 274 Å². The van der Waals surface area contributed by atoms with Crippen LogP contribution in [0.5, 0.6) is 0 Å². The summed E-state index contributed by atoms with van der Waals surface area (Å²) in [6.07, 6.45) is 0. The SMILES string of the molecule is [2H]c1c([2H])c([2H])c(-c2cccc3oc4ccc(-c5c6ccccc6c(-c6c([2H])c([2H])c(-c7ccccc7)c([2H])c6[2H])c6ccccc56)cc4c23)c([2H])c1[2H]. The van der Waals surface area contributed by atoms with Crippen molar-refractivity contribution < 1.29 is 16.8 Å². The Bertz CT molecular complexity index is 2930. The van der Waals surface area contributed by atoms with E-state index in [2.05, 4.69) is 0 Å². The van der Waals surface area contributed by atoms with E-state index >= 15 is 0 Å². The Balaban J connectivity index is 1.34. The van der Waals surface area contributed by atoms with Crippen LogP contribution < -0.4 is 0 Å². The summed E-state index contributed by atoms with van der Waals surface area (Å²) < 4.78 is 85.2. The van der Waals surface area contributed by atoms with Crippen LogP contribution in [0.25, 0.3) is 88.0 Å². The van der Waals surface area contributed by atoms with Crippen molar-refractivity contribution in [1.82, 2.24) is 0 Å². The Hall–Kier alpha value is -5.92. The fourth-order valence-corrected chi connectivity index (χ4v) is 6.47. The first-order valence-electron chi connectivity index (χ1n) is 19.2. The van der Waals surface area contributed by atoms with Crippen molar-refractivity contribution in [2.24, 2.45) is 0 Å². The highest BCUT2D eigenvalue weighted by molar-refractivity contribution is 6.22. The zero-order valence-corrected chi connectivity index (χ0v) is 23.9. The molecular formula is C44H28O. The standard InChI is InChI=1S/C44H28O/c1-3-12-29(13-4-1)30-22-24-32(25-23-30)42-35-16-7-9-18-37(35)43(38-19-10-8-17-36(38)42)33-26-27-40-39(28-33)44-34(20-11-21-41(44)45-40)31-14-5-2-6-15-31/h1-28H/i2D,5D,6D,14D,15D,22D,23D,24D,25D. The van der Waals surface area contributed by atoms with Gasteiger partial charge in [0, 0.05) is 10.8 Å². The van der Waals surface area contributed by atoms with Crippen molar-refractivity contribution in [3.8, 4) is 44.5 Å². The molecule has 210 valence electrons. The first-order chi connectivity index (χ1) is 26.1. The van der Waals surface area contributed by atoms with E-state index in [0.29, 0.717) is 38.6 Å². The van der Waals surface area contributed by atoms with Crippen molar-refractivity contribution in [3.05, 3.63) is 170 Å². The molecule has 0 aliphatic carbocycles. The number of hydrogen-bond acceptors (Lipinski definition) is 1. The smallest absolute Gasteiger partial charge is 0.136 e. The molecule has 45 heavy (non-hydrogen) atoms. The average Bonchev–Trinajstić information content (AvgIpc) is 3.57. The third-order valence-corrected chi connectivity index (χ3v) is 8.42. The number of furan rings is 1. The quantitative estimate of drug-likeness (QED) is 0.188. The van der Waals surface area contributed by atoms with Gasteiger partial charge in [-0.3, -0.25) is 0 Å². The summed E-state index contributed by atoms with van der Waals surface area (Å²) in [5, 5.41) is 4.53. The molecule has 1 heteroatoms. The fourth-order valence-electron chi connectivity index (χ4n) is 6.47. The molecule has 0 spiro atoms. The Kier molecular flexibility index (Phi) is 4.15. The summed E-state index contributed by atoms with van der Waals surface area (Å²) >= 11 is 0.